The summed E-state index contributed by atoms with van der Waals surface area (Å²) >= 11 is 0. The lowest BCUT2D eigenvalue weighted by Gasteiger charge is -2.15. The first-order valence-corrected chi connectivity index (χ1v) is 15.0. The van der Waals surface area contributed by atoms with Gasteiger partial charge in [-0.3, -0.25) is 14.9 Å². The zero-order valence-corrected chi connectivity index (χ0v) is 25.0. The number of nitro benzene ring substituents is 1. The Hall–Kier alpha value is -6.67. The van der Waals surface area contributed by atoms with Gasteiger partial charge in [-0.05, 0) is 41.5 Å². The molecule has 8 heteroatoms. The Morgan fingerprint density at radius 3 is 1.98 bits per heavy atom. The number of pyridine rings is 1. The Kier molecular flexibility index (Phi) is 7.88. The van der Waals surface area contributed by atoms with Gasteiger partial charge >= 0.3 is 0 Å². The van der Waals surface area contributed by atoms with Gasteiger partial charge in [0.25, 0.3) is 11.6 Å². The predicted octanol–water partition coefficient (Wildman–Crippen LogP) is 8.70. The SMILES string of the molecule is O=C(N/N=C\c1cc(-c2ccccc2)n(-c2ccc([N+](=O)[O-])cc2)c1-c1ccccc1)c1cc(-c2ccccc2)nc2ccccc12. The van der Waals surface area contributed by atoms with Gasteiger partial charge in [0.15, 0.2) is 0 Å². The molecule has 1 amide bonds. The number of hydrogen-bond acceptors (Lipinski definition) is 5. The predicted molar refractivity (Wildman–Crippen MR) is 186 cm³/mol. The number of rotatable bonds is 8. The van der Waals surface area contributed by atoms with E-state index in [0.717, 1.165) is 44.7 Å². The highest BCUT2D eigenvalue weighted by atomic mass is 16.6. The van der Waals surface area contributed by atoms with Crippen molar-refractivity contribution in [1.82, 2.24) is 15.0 Å². The molecule has 0 bridgehead atoms. The standard InChI is InChI=1S/C39H27N5O3/c45-39(34-25-36(27-12-4-1-5-13-27)41-35-19-11-10-18-33(34)35)42-40-26-30-24-37(28-14-6-2-7-15-28)43(38(30)29-16-8-3-9-17-29)31-20-22-32(23-21-31)44(46)47/h1-26H,(H,42,45)/b40-26-. The lowest BCUT2D eigenvalue weighted by molar-refractivity contribution is -0.384. The maximum atomic E-state index is 13.7. The summed E-state index contributed by atoms with van der Waals surface area (Å²) in [6, 6.07) is 47.2. The molecular formula is C39H27N5O3. The number of carbonyl (C=O) groups excluding carboxylic acids is 1. The normalized spacial score (nSPS) is 11.1. The molecule has 5 aromatic carbocycles. The number of nitro groups is 1. The summed E-state index contributed by atoms with van der Waals surface area (Å²) in [6.07, 6.45) is 1.63. The van der Waals surface area contributed by atoms with Crippen LogP contribution in [-0.2, 0) is 0 Å². The number of aromatic nitrogens is 2. The summed E-state index contributed by atoms with van der Waals surface area (Å²) < 4.78 is 2.06. The van der Waals surface area contributed by atoms with Crippen molar-refractivity contribution in [2.24, 2.45) is 5.10 Å². The number of amides is 1. The zero-order valence-electron chi connectivity index (χ0n) is 25.0. The van der Waals surface area contributed by atoms with Gasteiger partial charge in [-0.1, -0.05) is 109 Å². The third kappa shape index (κ3) is 5.91. The molecule has 0 fully saturated rings. The van der Waals surface area contributed by atoms with Gasteiger partial charge in [0, 0.05) is 34.3 Å². The van der Waals surface area contributed by atoms with E-state index in [1.54, 1.807) is 24.4 Å². The minimum atomic E-state index is -0.411. The summed E-state index contributed by atoms with van der Waals surface area (Å²) in [5.74, 6) is -0.364. The molecule has 226 valence electrons. The Morgan fingerprint density at radius 1 is 0.723 bits per heavy atom. The molecule has 2 aromatic heterocycles. The van der Waals surface area contributed by atoms with E-state index >= 15 is 0 Å². The van der Waals surface area contributed by atoms with E-state index < -0.39 is 4.92 Å². The molecule has 0 radical (unpaired) electrons. The second kappa shape index (κ2) is 12.7. The molecule has 0 atom stereocenters. The third-order valence-corrected chi connectivity index (χ3v) is 7.87. The highest BCUT2D eigenvalue weighted by Gasteiger charge is 2.20. The Labute approximate surface area is 270 Å². The molecule has 1 N–H and O–H groups in total. The van der Waals surface area contributed by atoms with Crippen LogP contribution < -0.4 is 5.43 Å². The van der Waals surface area contributed by atoms with Crippen LogP contribution in [0.4, 0.5) is 5.69 Å². The van der Waals surface area contributed by atoms with Crippen molar-refractivity contribution in [3.8, 4) is 39.5 Å². The second-order valence-corrected chi connectivity index (χ2v) is 10.8. The van der Waals surface area contributed by atoms with Gasteiger partial charge < -0.3 is 4.57 Å². The van der Waals surface area contributed by atoms with Gasteiger partial charge in [0.05, 0.1) is 39.3 Å². The number of nitrogens with one attached hydrogen (secondary N) is 1. The van der Waals surface area contributed by atoms with E-state index in [1.807, 2.05) is 121 Å². The topological polar surface area (TPSA) is 102 Å². The summed E-state index contributed by atoms with van der Waals surface area (Å²) in [7, 11) is 0. The van der Waals surface area contributed by atoms with Crippen molar-refractivity contribution in [2.45, 2.75) is 0 Å². The maximum Gasteiger partial charge on any atom is 0.272 e. The van der Waals surface area contributed by atoms with E-state index in [9.17, 15) is 14.9 Å². The molecule has 7 aromatic rings. The van der Waals surface area contributed by atoms with Crippen LogP contribution in [-0.4, -0.2) is 26.6 Å². The fourth-order valence-corrected chi connectivity index (χ4v) is 5.67. The number of non-ortho nitro benzene ring substituents is 1. The fourth-order valence-electron chi connectivity index (χ4n) is 5.67. The molecule has 0 saturated heterocycles. The van der Waals surface area contributed by atoms with Crippen LogP contribution >= 0.6 is 0 Å². The van der Waals surface area contributed by atoms with Crippen LogP contribution in [0.3, 0.4) is 0 Å². The lowest BCUT2D eigenvalue weighted by atomic mass is 10.0. The Balaban J connectivity index is 1.32. The second-order valence-electron chi connectivity index (χ2n) is 10.8. The summed E-state index contributed by atoms with van der Waals surface area (Å²) in [6.45, 7) is 0. The molecule has 0 aliphatic rings. The van der Waals surface area contributed by atoms with Crippen molar-refractivity contribution < 1.29 is 9.72 Å². The monoisotopic (exact) mass is 613 g/mol. The largest absolute Gasteiger partial charge is 0.309 e. The number of hydrogen-bond donors (Lipinski definition) is 1. The maximum absolute atomic E-state index is 13.7. The number of para-hydroxylation sites is 1. The van der Waals surface area contributed by atoms with Gasteiger partial charge in [-0.2, -0.15) is 5.10 Å². The molecule has 7 rings (SSSR count). The first-order chi connectivity index (χ1) is 23.1. The van der Waals surface area contributed by atoms with E-state index in [2.05, 4.69) is 15.1 Å². The molecule has 0 unspecified atom stereocenters. The van der Waals surface area contributed by atoms with Gasteiger partial charge in [0.2, 0.25) is 0 Å². The van der Waals surface area contributed by atoms with E-state index in [0.29, 0.717) is 16.8 Å². The lowest BCUT2D eigenvalue weighted by Crippen LogP contribution is -2.18. The zero-order chi connectivity index (χ0) is 32.2. The molecule has 0 aliphatic carbocycles. The fraction of sp³-hybridized carbons (Fsp3) is 0. The number of hydrazone groups is 1. The van der Waals surface area contributed by atoms with Gasteiger partial charge in [-0.25, -0.2) is 10.4 Å². The van der Waals surface area contributed by atoms with Crippen LogP contribution in [0.1, 0.15) is 15.9 Å². The molecular weight excluding hydrogens is 586 g/mol. The highest BCUT2D eigenvalue weighted by molar-refractivity contribution is 6.07. The summed E-state index contributed by atoms with van der Waals surface area (Å²) in [5, 5.41) is 16.6. The van der Waals surface area contributed by atoms with Crippen molar-refractivity contribution in [3.05, 3.63) is 173 Å². The quantitative estimate of drug-likeness (QED) is 0.105. The first-order valence-electron chi connectivity index (χ1n) is 15.0. The Bertz CT molecular complexity index is 2250. The van der Waals surface area contributed by atoms with Crippen molar-refractivity contribution in [1.29, 1.82) is 0 Å². The molecule has 2 heterocycles. The van der Waals surface area contributed by atoms with E-state index in [4.69, 9.17) is 4.98 Å². The van der Waals surface area contributed by atoms with E-state index in [1.165, 1.54) is 12.1 Å². The minimum Gasteiger partial charge on any atom is -0.309 e. The smallest absolute Gasteiger partial charge is 0.272 e. The summed E-state index contributed by atoms with van der Waals surface area (Å²) in [5.41, 5.74) is 10.5. The van der Waals surface area contributed by atoms with Crippen molar-refractivity contribution in [3.63, 3.8) is 0 Å². The molecule has 8 nitrogen and oxygen atoms in total. The third-order valence-electron chi connectivity index (χ3n) is 7.87. The van der Waals surface area contributed by atoms with Crippen LogP contribution in [0.25, 0.3) is 50.4 Å². The molecule has 0 aliphatic heterocycles. The molecule has 47 heavy (non-hydrogen) atoms. The van der Waals surface area contributed by atoms with Gasteiger partial charge in [0.1, 0.15) is 0 Å². The van der Waals surface area contributed by atoms with Crippen LogP contribution in [0, 0.1) is 10.1 Å². The average Bonchev–Trinajstić information content (AvgIpc) is 3.51. The average molecular weight is 614 g/mol. The van der Waals surface area contributed by atoms with E-state index in [-0.39, 0.29) is 11.6 Å². The highest BCUT2D eigenvalue weighted by Crippen LogP contribution is 2.36. The number of carbonyl (C=O) groups is 1. The van der Waals surface area contributed by atoms with Crippen LogP contribution in [0.5, 0.6) is 0 Å². The first kappa shape index (κ1) is 29.1. The van der Waals surface area contributed by atoms with Crippen molar-refractivity contribution >= 4 is 28.7 Å². The van der Waals surface area contributed by atoms with Crippen molar-refractivity contribution in [2.75, 3.05) is 0 Å². The number of fused-ring (bicyclic) bond motifs is 1. The number of nitrogens with zero attached hydrogens (tertiary/aromatic N) is 4. The molecule has 0 saturated carbocycles. The molecule has 0 spiro atoms. The van der Waals surface area contributed by atoms with Crippen LogP contribution in [0.15, 0.2) is 157 Å². The summed E-state index contributed by atoms with van der Waals surface area (Å²) in [4.78, 5) is 29.5. The van der Waals surface area contributed by atoms with Gasteiger partial charge in [-0.15, -0.1) is 0 Å². The number of benzene rings is 5. The minimum absolute atomic E-state index is 0.00647. The Morgan fingerprint density at radius 2 is 1.32 bits per heavy atom. The van der Waals surface area contributed by atoms with Crippen LogP contribution in [0.2, 0.25) is 0 Å².